The first kappa shape index (κ1) is 12.9. The van der Waals surface area contributed by atoms with E-state index in [-0.39, 0.29) is 5.69 Å². The molecule has 0 bridgehead atoms. The number of benzene rings is 1. The summed E-state index contributed by atoms with van der Waals surface area (Å²) in [4.78, 5) is 21.6. The molecule has 5 nitrogen and oxygen atoms in total. The van der Waals surface area contributed by atoms with Crippen molar-refractivity contribution in [2.24, 2.45) is 5.73 Å². The Hall–Kier alpha value is -2.17. The van der Waals surface area contributed by atoms with Crippen LogP contribution < -0.4 is 5.73 Å². The lowest BCUT2D eigenvalue weighted by atomic mass is 9.83. The topological polar surface area (TPSA) is 86.2 Å². The highest BCUT2D eigenvalue weighted by molar-refractivity contribution is 5.86. The molecule has 0 fully saturated rings. The summed E-state index contributed by atoms with van der Waals surface area (Å²) in [5, 5.41) is 10.7. The van der Waals surface area contributed by atoms with E-state index in [1.165, 1.54) is 18.2 Å². The second-order valence-corrected chi connectivity index (χ2v) is 4.22. The lowest BCUT2D eigenvalue weighted by Crippen LogP contribution is -2.35. The molecular weight excluding hydrogens is 220 g/mol. The lowest BCUT2D eigenvalue weighted by molar-refractivity contribution is -0.385. The standard InChI is InChI=1S/C12H14N2O3/c1-4-8-7-9(12(2,3)11(13)15)5-6-10(8)14(16)17/h4-7H,1H2,2-3H3,(H2,13,15). The van der Waals surface area contributed by atoms with Gasteiger partial charge in [-0.3, -0.25) is 14.9 Å². The van der Waals surface area contributed by atoms with Gasteiger partial charge in [-0.25, -0.2) is 0 Å². The first-order chi connectivity index (χ1) is 7.80. The van der Waals surface area contributed by atoms with E-state index in [9.17, 15) is 14.9 Å². The van der Waals surface area contributed by atoms with Gasteiger partial charge in [0.1, 0.15) is 0 Å². The number of carbonyl (C=O) groups is 1. The van der Waals surface area contributed by atoms with Crippen molar-refractivity contribution in [3.8, 4) is 0 Å². The molecule has 0 aliphatic rings. The van der Waals surface area contributed by atoms with Gasteiger partial charge >= 0.3 is 0 Å². The van der Waals surface area contributed by atoms with Gasteiger partial charge < -0.3 is 5.73 Å². The van der Waals surface area contributed by atoms with Gasteiger partial charge in [0.05, 0.1) is 15.9 Å². The van der Waals surface area contributed by atoms with Gasteiger partial charge in [-0.1, -0.05) is 18.7 Å². The molecule has 0 saturated heterocycles. The minimum atomic E-state index is -0.868. The van der Waals surface area contributed by atoms with Gasteiger partial charge in [-0.15, -0.1) is 0 Å². The normalized spacial score (nSPS) is 10.9. The highest BCUT2D eigenvalue weighted by atomic mass is 16.6. The van der Waals surface area contributed by atoms with Gasteiger partial charge in [0, 0.05) is 6.07 Å². The van der Waals surface area contributed by atoms with Gasteiger partial charge in [-0.2, -0.15) is 0 Å². The summed E-state index contributed by atoms with van der Waals surface area (Å²) in [6, 6.07) is 4.46. The SMILES string of the molecule is C=Cc1cc(C(C)(C)C(N)=O)ccc1[N+](=O)[O-]. The third-order valence-electron chi connectivity index (χ3n) is 2.78. The summed E-state index contributed by atoms with van der Waals surface area (Å²) in [5.74, 6) is -0.485. The van der Waals surface area contributed by atoms with Crippen LogP contribution in [0.5, 0.6) is 0 Å². The third-order valence-corrected chi connectivity index (χ3v) is 2.78. The molecule has 0 aliphatic carbocycles. The summed E-state index contributed by atoms with van der Waals surface area (Å²) in [6.45, 7) is 6.86. The van der Waals surface area contributed by atoms with E-state index in [0.717, 1.165) is 0 Å². The summed E-state index contributed by atoms with van der Waals surface area (Å²) in [6.07, 6.45) is 1.39. The second-order valence-electron chi connectivity index (χ2n) is 4.22. The molecule has 1 rings (SSSR count). The average Bonchev–Trinajstić information content (AvgIpc) is 2.27. The molecule has 0 saturated carbocycles. The molecular formula is C12H14N2O3. The maximum Gasteiger partial charge on any atom is 0.276 e. The highest BCUT2D eigenvalue weighted by Gasteiger charge is 2.28. The number of rotatable bonds is 4. The van der Waals surface area contributed by atoms with Crippen LogP contribution in [0.2, 0.25) is 0 Å². The maximum atomic E-state index is 11.3. The van der Waals surface area contributed by atoms with Crippen LogP contribution in [-0.2, 0) is 10.2 Å². The first-order valence-electron chi connectivity index (χ1n) is 5.02. The van der Waals surface area contributed by atoms with Crippen molar-refractivity contribution in [2.75, 3.05) is 0 Å². The molecule has 1 aromatic carbocycles. The molecule has 0 spiro atoms. The van der Waals surface area contributed by atoms with Crippen molar-refractivity contribution in [1.82, 2.24) is 0 Å². The lowest BCUT2D eigenvalue weighted by Gasteiger charge is -2.21. The fourth-order valence-corrected chi connectivity index (χ4v) is 1.42. The molecule has 0 radical (unpaired) electrons. The predicted molar refractivity (Wildman–Crippen MR) is 65.4 cm³/mol. The van der Waals surface area contributed by atoms with Crippen molar-refractivity contribution < 1.29 is 9.72 Å². The van der Waals surface area contributed by atoms with Crippen LogP contribution in [0.25, 0.3) is 6.08 Å². The van der Waals surface area contributed by atoms with Gasteiger partial charge in [0.25, 0.3) is 5.69 Å². The largest absolute Gasteiger partial charge is 0.369 e. The Balaban J connectivity index is 3.37. The Labute approximate surface area is 99.1 Å². The molecule has 0 aliphatic heterocycles. The molecule has 1 amide bonds. The van der Waals surface area contributed by atoms with Crippen molar-refractivity contribution in [3.63, 3.8) is 0 Å². The highest BCUT2D eigenvalue weighted by Crippen LogP contribution is 2.28. The molecule has 2 N–H and O–H groups in total. The molecule has 17 heavy (non-hydrogen) atoms. The second kappa shape index (κ2) is 4.37. The number of primary amides is 1. The van der Waals surface area contributed by atoms with E-state index in [0.29, 0.717) is 11.1 Å². The number of nitro benzene ring substituents is 1. The minimum absolute atomic E-state index is 0.0379. The molecule has 0 aromatic heterocycles. The Morgan fingerprint density at radius 3 is 2.53 bits per heavy atom. The summed E-state index contributed by atoms with van der Waals surface area (Å²) >= 11 is 0. The smallest absolute Gasteiger partial charge is 0.276 e. The first-order valence-corrected chi connectivity index (χ1v) is 5.02. The van der Waals surface area contributed by atoms with Crippen LogP contribution >= 0.6 is 0 Å². The summed E-state index contributed by atoms with van der Waals surface area (Å²) in [5.41, 5.74) is 5.39. The van der Waals surface area contributed by atoms with Gasteiger partial charge in [0.15, 0.2) is 0 Å². The van der Waals surface area contributed by atoms with E-state index >= 15 is 0 Å². The van der Waals surface area contributed by atoms with E-state index in [2.05, 4.69) is 6.58 Å². The zero-order chi connectivity index (χ0) is 13.2. The van der Waals surface area contributed by atoms with Crippen LogP contribution in [0.4, 0.5) is 5.69 Å². The Morgan fingerprint density at radius 2 is 2.12 bits per heavy atom. The number of carbonyl (C=O) groups excluding carboxylic acids is 1. The van der Waals surface area contributed by atoms with Crippen LogP contribution in [-0.4, -0.2) is 10.8 Å². The van der Waals surface area contributed by atoms with Crippen molar-refractivity contribution >= 4 is 17.7 Å². The fourth-order valence-electron chi connectivity index (χ4n) is 1.42. The van der Waals surface area contributed by atoms with Crippen LogP contribution in [0.1, 0.15) is 25.0 Å². The number of hydrogen-bond donors (Lipinski definition) is 1. The maximum absolute atomic E-state index is 11.3. The fraction of sp³-hybridized carbons (Fsp3) is 0.250. The number of nitrogens with two attached hydrogens (primary N) is 1. The third kappa shape index (κ3) is 2.33. The number of nitrogens with zero attached hydrogens (tertiary/aromatic N) is 1. The van der Waals surface area contributed by atoms with E-state index < -0.39 is 16.2 Å². The zero-order valence-electron chi connectivity index (χ0n) is 9.77. The van der Waals surface area contributed by atoms with E-state index in [1.54, 1.807) is 19.9 Å². The Morgan fingerprint density at radius 1 is 1.53 bits per heavy atom. The van der Waals surface area contributed by atoms with Crippen LogP contribution in [0, 0.1) is 10.1 Å². The number of amides is 1. The van der Waals surface area contributed by atoms with Gasteiger partial charge in [0.2, 0.25) is 5.91 Å². The summed E-state index contributed by atoms with van der Waals surface area (Å²) in [7, 11) is 0. The number of nitro groups is 1. The molecule has 0 atom stereocenters. The predicted octanol–water partition coefficient (Wildman–Crippen LogP) is 2.00. The average molecular weight is 234 g/mol. The minimum Gasteiger partial charge on any atom is -0.369 e. The van der Waals surface area contributed by atoms with Crippen molar-refractivity contribution in [2.45, 2.75) is 19.3 Å². The quantitative estimate of drug-likeness (QED) is 0.638. The van der Waals surface area contributed by atoms with Crippen LogP contribution in [0.15, 0.2) is 24.8 Å². The Bertz CT molecular complexity index is 493. The van der Waals surface area contributed by atoms with Gasteiger partial charge in [-0.05, 0) is 25.5 Å². The van der Waals surface area contributed by atoms with E-state index in [1.807, 2.05) is 0 Å². The molecule has 0 heterocycles. The number of hydrogen-bond acceptors (Lipinski definition) is 3. The molecule has 90 valence electrons. The molecule has 0 unspecified atom stereocenters. The van der Waals surface area contributed by atoms with Crippen molar-refractivity contribution in [3.05, 3.63) is 46.0 Å². The van der Waals surface area contributed by atoms with Crippen LogP contribution in [0.3, 0.4) is 0 Å². The van der Waals surface area contributed by atoms with Crippen molar-refractivity contribution in [1.29, 1.82) is 0 Å². The molecule has 5 heteroatoms. The zero-order valence-corrected chi connectivity index (χ0v) is 9.77. The van der Waals surface area contributed by atoms with E-state index in [4.69, 9.17) is 5.73 Å². The monoisotopic (exact) mass is 234 g/mol. The summed E-state index contributed by atoms with van der Waals surface area (Å²) < 4.78 is 0. The Kier molecular flexibility index (Phi) is 3.31. The molecule has 1 aromatic rings.